The van der Waals surface area contributed by atoms with E-state index in [1.54, 1.807) is 6.29 Å². The van der Waals surface area contributed by atoms with Crippen LogP contribution in [-0.2, 0) is 9.63 Å². The summed E-state index contributed by atoms with van der Waals surface area (Å²) in [5.41, 5.74) is 5.25. The molecule has 0 aliphatic heterocycles. The summed E-state index contributed by atoms with van der Waals surface area (Å²) >= 11 is 0. The van der Waals surface area contributed by atoms with Gasteiger partial charge in [0, 0.05) is 6.20 Å². The highest BCUT2D eigenvalue weighted by Crippen LogP contribution is 1.97. The second kappa shape index (κ2) is 4.15. The molecule has 1 aromatic rings. The van der Waals surface area contributed by atoms with E-state index in [1.807, 2.05) is 0 Å². The van der Waals surface area contributed by atoms with E-state index < -0.39 is 0 Å². The van der Waals surface area contributed by atoms with Crippen molar-refractivity contribution in [2.45, 2.75) is 0 Å². The van der Waals surface area contributed by atoms with Gasteiger partial charge in [0.05, 0.1) is 0 Å². The van der Waals surface area contributed by atoms with Crippen LogP contribution >= 0.6 is 0 Å². The molecule has 6 heteroatoms. The van der Waals surface area contributed by atoms with Crippen molar-refractivity contribution in [3.8, 4) is 0 Å². The zero-order valence-electron chi connectivity index (χ0n) is 6.89. The van der Waals surface area contributed by atoms with Crippen molar-refractivity contribution in [2.24, 2.45) is 5.16 Å². The van der Waals surface area contributed by atoms with E-state index in [9.17, 15) is 4.79 Å². The van der Waals surface area contributed by atoms with Crippen LogP contribution in [0.15, 0.2) is 17.4 Å². The molecule has 0 spiro atoms. The molecule has 2 N–H and O–H groups in total. The van der Waals surface area contributed by atoms with Crippen molar-refractivity contribution in [3.63, 3.8) is 0 Å². The Hall–Kier alpha value is -1.98. The largest absolute Gasteiger partial charge is 0.398 e. The van der Waals surface area contributed by atoms with Gasteiger partial charge in [-0.15, -0.1) is 0 Å². The van der Waals surface area contributed by atoms with Gasteiger partial charge in [-0.2, -0.15) is 0 Å². The fourth-order valence-corrected chi connectivity index (χ4v) is 0.683. The van der Waals surface area contributed by atoms with Gasteiger partial charge >= 0.3 is 0 Å². The van der Waals surface area contributed by atoms with Crippen molar-refractivity contribution in [2.75, 3.05) is 12.8 Å². The van der Waals surface area contributed by atoms with Crippen LogP contribution < -0.4 is 5.73 Å². The van der Waals surface area contributed by atoms with E-state index in [0.29, 0.717) is 0 Å². The molecule has 1 rings (SSSR count). The van der Waals surface area contributed by atoms with Crippen molar-refractivity contribution >= 4 is 17.8 Å². The van der Waals surface area contributed by atoms with E-state index in [4.69, 9.17) is 5.73 Å². The number of rotatable bonds is 3. The van der Waals surface area contributed by atoms with Crippen LogP contribution in [0.3, 0.4) is 0 Å². The summed E-state index contributed by atoms with van der Waals surface area (Å²) in [6.45, 7) is 0. The summed E-state index contributed by atoms with van der Waals surface area (Å²) in [5, 5.41) is 3.37. The van der Waals surface area contributed by atoms with E-state index in [2.05, 4.69) is 20.0 Å². The minimum atomic E-state index is -0.116. The molecule has 6 nitrogen and oxygen atoms in total. The van der Waals surface area contributed by atoms with E-state index in [0.717, 1.165) is 0 Å². The van der Waals surface area contributed by atoms with Crippen LogP contribution in [0.2, 0.25) is 0 Å². The van der Waals surface area contributed by atoms with Crippen LogP contribution in [-0.4, -0.2) is 29.1 Å². The molecule has 0 aliphatic rings. The Morgan fingerprint density at radius 1 is 1.77 bits per heavy atom. The molecule has 0 amide bonds. The molecule has 1 heterocycles. The quantitative estimate of drug-likeness (QED) is 0.499. The predicted octanol–water partition coefficient (Wildman–Crippen LogP) is -0.481. The third kappa shape index (κ3) is 2.22. The summed E-state index contributed by atoms with van der Waals surface area (Å²) < 4.78 is 0. The molecule has 13 heavy (non-hydrogen) atoms. The topological polar surface area (TPSA) is 90.5 Å². The SMILES string of the molecule is CO/N=C(/[C]=O)c1nccc(N)n1. The smallest absolute Gasteiger partial charge is 0.261 e. The van der Waals surface area contributed by atoms with Gasteiger partial charge in [-0.25, -0.2) is 9.97 Å². The first kappa shape index (κ1) is 9.11. The fourth-order valence-electron chi connectivity index (χ4n) is 0.683. The van der Waals surface area contributed by atoms with Crippen LogP contribution in [0.4, 0.5) is 5.82 Å². The summed E-state index contributed by atoms with van der Waals surface area (Å²) in [6.07, 6.45) is 2.96. The van der Waals surface area contributed by atoms with Gasteiger partial charge in [0.15, 0.2) is 11.5 Å². The number of anilines is 1. The molecule has 0 unspecified atom stereocenters. The van der Waals surface area contributed by atoms with Crippen molar-refractivity contribution in [1.82, 2.24) is 9.97 Å². The standard InChI is InChI=1S/C7H7N4O2/c1-13-11-5(4-12)7-9-3-2-6(8)10-7/h2-3H,1H3,(H2,8,9,10)/b11-5-. The first-order chi connectivity index (χ1) is 6.27. The minimum Gasteiger partial charge on any atom is -0.398 e. The Bertz CT molecular complexity index is 337. The molecular weight excluding hydrogens is 172 g/mol. The van der Waals surface area contributed by atoms with Gasteiger partial charge in [-0.3, -0.25) is 4.79 Å². The Balaban J connectivity index is 3.05. The number of nitrogens with two attached hydrogens (primary N) is 1. The maximum atomic E-state index is 10.4. The number of nitrogens with zero attached hydrogens (tertiary/aromatic N) is 3. The number of nitrogen functional groups attached to an aromatic ring is 1. The first-order valence-corrected chi connectivity index (χ1v) is 3.36. The molecular formula is C7H7N4O2. The molecule has 0 aromatic carbocycles. The van der Waals surface area contributed by atoms with E-state index in [-0.39, 0.29) is 17.4 Å². The molecule has 0 bridgehead atoms. The number of oxime groups is 1. The normalized spacial score (nSPS) is 11.0. The maximum absolute atomic E-state index is 10.4. The maximum Gasteiger partial charge on any atom is 0.261 e. The van der Waals surface area contributed by atoms with Gasteiger partial charge in [0.2, 0.25) is 0 Å². The highest BCUT2D eigenvalue weighted by atomic mass is 16.6. The van der Waals surface area contributed by atoms with Gasteiger partial charge in [0.25, 0.3) is 6.29 Å². The third-order valence-corrected chi connectivity index (χ3v) is 1.17. The minimum absolute atomic E-state index is 0.0943. The van der Waals surface area contributed by atoms with Crippen molar-refractivity contribution < 1.29 is 9.63 Å². The summed E-state index contributed by atoms with van der Waals surface area (Å²) in [6, 6.07) is 1.50. The average molecular weight is 179 g/mol. The molecule has 1 aromatic heterocycles. The third-order valence-electron chi connectivity index (χ3n) is 1.17. The van der Waals surface area contributed by atoms with E-state index in [1.165, 1.54) is 19.4 Å². The highest BCUT2D eigenvalue weighted by Gasteiger charge is 2.07. The van der Waals surface area contributed by atoms with Gasteiger partial charge in [-0.05, 0) is 6.07 Å². The number of hydrogen-bond acceptors (Lipinski definition) is 6. The first-order valence-electron chi connectivity index (χ1n) is 3.36. The molecule has 0 aliphatic carbocycles. The molecule has 1 radical (unpaired) electrons. The Morgan fingerprint density at radius 2 is 2.54 bits per heavy atom. The Labute approximate surface area is 74.4 Å². The fraction of sp³-hybridized carbons (Fsp3) is 0.143. The van der Waals surface area contributed by atoms with Crippen molar-refractivity contribution in [1.29, 1.82) is 0 Å². The lowest BCUT2D eigenvalue weighted by Crippen LogP contribution is -2.09. The van der Waals surface area contributed by atoms with Gasteiger partial charge in [0.1, 0.15) is 12.9 Å². The second-order valence-corrected chi connectivity index (χ2v) is 2.03. The molecule has 67 valence electrons. The van der Waals surface area contributed by atoms with E-state index >= 15 is 0 Å². The lowest BCUT2D eigenvalue weighted by atomic mass is 10.4. The predicted molar refractivity (Wildman–Crippen MR) is 45.7 cm³/mol. The van der Waals surface area contributed by atoms with Gasteiger partial charge < -0.3 is 10.6 Å². The Morgan fingerprint density at radius 3 is 3.08 bits per heavy atom. The lowest BCUT2D eigenvalue weighted by Gasteiger charge is -1.96. The van der Waals surface area contributed by atoms with Crippen LogP contribution in [0, 0.1) is 0 Å². The van der Waals surface area contributed by atoms with Crippen molar-refractivity contribution in [3.05, 3.63) is 18.1 Å². The second-order valence-electron chi connectivity index (χ2n) is 2.03. The number of carbonyl (C=O) groups excluding carboxylic acids is 1. The monoisotopic (exact) mass is 179 g/mol. The molecule has 0 fully saturated rings. The average Bonchev–Trinajstić information content (AvgIpc) is 2.14. The summed E-state index contributed by atoms with van der Waals surface area (Å²) in [5.74, 6) is 0.348. The zero-order chi connectivity index (χ0) is 9.68. The molecule has 0 atom stereocenters. The summed E-state index contributed by atoms with van der Waals surface area (Å²) in [7, 11) is 1.31. The van der Waals surface area contributed by atoms with Gasteiger partial charge in [-0.1, -0.05) is 5.16 Å². The van der Waals surface area contributed by atoms with Crippen LogP contribution in [0.25, 0.3) is 0 Å². The van der Waals surface area contributed by atoms with Crippen LogP contribution in [0.1, 0.15) is 5.82 Å². The lowest BCUT2D eigenvalue weighted by molar-refractivity contribution is 0.214. The molecule has 0 saturated carbocycles. The van der Waals surface area contributed by atoms with Crippen LogP contribution in [0.5, 0.6) is 0 Å². The number of hydrogen-bond donors (Lipinski definition) is 1. The zero-order valence-corrected chi connectivity index (χ0v) is 6.89. The highest BCUT2D eigenvalue weighted by molar-refractivity contribution is 6.35. The number of aromatic nitrogens is 2. The Kier molecular flexibility index (Phi) is 2.91. The molecule has 0 saturated heterocycles. The summed E-state index contributed by atoms with van der Waals surface area (Å²) in [4.78, 5) is 22.3.